The van der Waals surface area contributed by atoms with Gasteiger partial charge in [0.1, 0.15) is 16.9 Å². The summed E-state index contributed by atoms with van der Waals surface area (Å²) in [5.74, 6) is 0.798. The maximum Gasteiger partial charge on any atom is 0.165 e. The van der Waals surface area contributed by atoms with E-state index in [1.54, 1.807) is 0 Å². The van der Waals surface area contributed by atoms with Crippen molar-refractivity contribution in [2.45, 2.75) is 0 Å². The molecule has 5 nitrogen and oxygen atoms in total. The summed E-state index contributed by atoms with van der Waals surface area (Å²) < 4.78 is 11.7. The highest BCUT2D eigenvalue weighted by Crippen LogP contribution is 2.48. The normalized spacial score (nSPS) is 12.5. The number of rotatable bonds is 2. The van der Waals surface area contributed by atoms with E-state index in [1.165, 1.54) is 21.8 Å². The minimum atomic E-state index is 0.798. The van der Waals surface area contributed by atoms with E-state index >= 15 is 0 Å². The largest absolute Gasteiger partial charge is 0.455 e. The third kappa shape index (κ3) is 3.42. The minimum Gasteiger partial charge on any atom is -0.455 e. The Morgan fingerprint density at radius 1 is 0.453 bits per heavy atom. The molecule has 5 aromatic heterocycles. The van der Waals surface area contributed by atoms with Crippen LogP contribution in [-0.2, 0) is 0 Å². The molecule has 53 heavy (non-hydrogen) atoms. The van der Waals surface area contributed by atoms with Gasteiger partial charge in [0, 0.05) is 54.0 Å². The van der Waals surface area contributed by atoms with Crippen molar-refractivity contribution in [1.29, 1.82) is 0 Å². The lowest BCUT2D eigenvalue weighted by molar-refractivity contribution is 0.673. The SMILES string of the molecule is c1ccc(-c2nc3ccc4ccccc4c3nc2-n2c3cc4c5ccccc5oc4c4c5cccc6c7ccccc7n(c7cccc2c7c43)c65)cc1. The molecule has 8 aromatic carbocycles. The molecule has 0 radical (unpaired) electrons. The van der Waals surface area contributed by atoms with Crippen LogP contribution in [0.15, 0.2) is 162 Å². The van der Waals surface area contributed by atoms with Crippen molar-refractivity contribution >= 4 is 104 Å². The maximum atomic E-state index is 6.90. The molecule has 5 heteroatoms. The molecule has 0 aliphatic carbocycles. The Labute approximate surface area is 300 Å². The van der Waals surface area contributed by atoms with E-state index in [9.17, 15) is 0 Å². The first-order chi connectivity index (χ1) is 26.3. The van der Waals surface area contributed by atoms with Gasteiger partial charge in [-0.3, -0.25) is 4.57 Å². The Hall–Kier alpha value is -7.24. The van der Waals surface area contributed by atoms with Gasteiger partial charge in [-0.05, 0) is 41.8 Å². The zero-order valence-electron chi connectivity index (χ0n) is 28.2. The fourth-order valence-corrected chi connectivity index (χ4v) is 9.24. The van der Waals surface area contributed by atoms with Crippen molar-refractivity contribution in [3.63, 3.8) is 0 Å². The number of aromatic nitrogens is 4. The summed E-state index contributed by atoms with van der Waals surface area (Å²) in [6.45, 7) is 0. The molecule has 0 saturated carbocycles. The molecule has 13 aromatic rings. The summed E-state index contributed by atoms with van der Waals surface area (Å²) in [6.07, 6.45) is 0. The van der Waals surface area contributed by atoms with Gasteiger partial charge in [0.05, 0.1) is 38.6 Å². The number of nitrogens with zero attached hydrogens (tertiary/aromatic N) is 4. The molecule has 0 bridgehead atoms. The highest BCUT2D eigenvalue weighted by molar-refractivity contribution is 6.37. The van der Waals surface area contributed by atoms with Crippen LogP contribution in [0, 0.1) is 0 Å². The Balaban J connectivity index is 1.35. The lowest BCUT2D eigenvalue weighted by Crippen LogP contribution is -2.04. The molecule has 5 heterocycles. The van der Waals surface area contributed by atoms with Crippen LogP contribution in [0.1, 0.15) is 0 Å². The van der Waals surface area contributed by atoms with Crippen LogP contribution in [0.3, 0.4) is 0 Å². The maximum absolute atomic E-state index is 6.90. The van der Waals surface area contributed by atoms with Crippen LogP contribution < -0.4 is 0 Å². The first-order valence-corrected chi connectivity index (χ1v) is 18.0. The summed E-state index contributed by atoms with van der Waals surface area (Å²) in [5.41, 5.74) is 11.0. The van der Waals surface area contributed by atoms with Crippen molar-refractivity contribution in [1.82, 2.24) is 18.9 Å². The number of hydrogen-bond donors (Lipinski definition) is 0. The molecule has 0 unspecified atom stereocenters. The minimum absolute atomic E-state index is 0.798. The standard InChI is InChI=1S/C48H26N4O/c1-2-13-28(14-3-1)44-48(50-45-29-15-5-4-12-27(29)24-25-35(45)49-44)52-38-22-11-21-37-42(38)43-39(52)26-34-31-17-7-9-23-40(31)53-47(34)41(43)33-19-10-18-32-30-16-6-8-20-36(30)51(37)46(32)33/h1-26H. The molecule has 244 valence electrons. The number of furan rings is 1. The highest BCUT2D eigenvalue weighted by atomic mass is 16.3. The molecule has 0 aliphatic heterocycles. The Morgan fingerprint density at radius 3 is 2.09 bits per heavy atom. The first-order valence-electron chi connectivity index (χ1n) is 18.0. The van der Waals surface area contributed by atoms with E-state index in [1.807, 2.05) is 0 Å². The summed E-state index contributed by atoms with van der Waals surface area (Å²) in [4.78, 5) is 11.1. The fraction of sp³-hybridized carbons (Fsp3) is 0. The number of para-hydroxylation sites is 3. The van der Waals surface area contributed by atoms with Crippen molar-refractivity contribution < 1.29 is 4.42 Å². The zero-order chi connectivity index (χ0) is 34.4. The van der Waals surface area contributed by atoms with Crippen LogP contribution in [0.2, 0.25) is 0 Å². The predicted octanol–water partition coefficient (Wildman–Crippen LogP) is 12.6. The predicted molar refractivity (Wildman–Crippen MR) is 219 cm³/mol. The molecule has 13 rings (SSSR count). The van der Waals surface area contributed by atoms with Gasteiger partial charge in [-0.1, -0.05) is 121 Å². The Bertz CT molecular complexity index is 3680. The average molecular weight is 675 g/mol. The van der Waals surface area contributed by atoms with Crippen LogP contribution in [0.5, 0.6) is 0 Å². The number of hydrogen-bond acceptors (Lipinski definition) is 3. The van der Waals surface area contributed by atoms with Gasteiger partial charge in [-0.25, -0.2) is 9.97 Å². The molecule has 0 saturated heterocycles. The molecule has 0 amide bonds. The molecule has 0 atom stereocenters. The third-order valence-corrected chi connectivity index (χ3v) is 11.4. The van der Waals surface area contributed by atoms with Gasteiger partial charge in [0.25, 0.3) is 0 Å². The first kappa shape index (κ1) is 27.5. The molecule has 0 fully saturated rings. The van der Waals surface area contributed by atoms with Crippen LogP contribution in [-0.4, -0.2) is 18.9 Å². The lowest BCUT2D eigenvalue weighted by Gasteiger charge is -2.15. The quantitative estimate of drug-likeness (QED) is 0.172. The molecule has 0 spiro atoms. The number of fused-ring (bicyclic) bond motifs is 12. The summed E-state index contributed by atoms with van der Waals surface area (Å²) in [5, 5.41) is 11.4. The van der Waals surface area contributed by atoms with E-state index in [4.69, 9.17) is 14.4 Å². The van der Waals surface area contributed by atoms with Crippen molar-refractivity contribution in [2.75, 3.05) is 0 Å². The molecular formula is C48H26N4O. The summed E-state index contributed by atoms with van der Waals surface area (Å²) >= 11 is 0. The summed E-state index contributed by atoms with van der Waals surface area (Å²) in [6, 6.07) is 56.1. The van der Waals surface area contributed by atoms with Crippen LogP contribution in [0.25, 0.3) is 121 Å². The van der Waals surface area contributed by atoms with Crippen LogP contribution >= 0.6 is 0 Å². The third-order valence-electron chi connectivity index (χ3n) is 11.4. The molecular weight excluding hydrogens is 649 g/mol. The van der Waals surface area contributed by atoms with Gasteiger partial charge in [-0.2, -0.15) is 0 Å². The second kappa shape index (κ2) is 9.75. The Morgan fingerprint density at radius 2 is 1.17 bits per heavy atom. The molecule has 0 N–H and O–H groups in total. The monoisotopic (exact) mass is 674 g/mol. The summed E-state index contributed by atoms with van der Waals surface area (Å²) in [7, 11) is 0. The van der Waals surface area contributed by atoms with E-state index in [0.29, 0.717) is 0 Å². The Kier molecular flexibility index (Phi) is 5.06. The number of benzene rings is 8. The molecule has 0 aliphatic rings. The lowest BCUT2D eigenvalue weighted by atomic mass is 10.0. The van der Waals surface area contributed by atoms with E-state index < -0.39 is 0 Å². The van der Waals surface area contributed by atoms with Crippen molar-refractivity contribution in [3.8, 4) is 17.1 Å². The second-order valence-electron chi connectivity index (χ2n) is 14.1. The van der Waals surface area contributed by atoms with Gasteiger partial charge in [0.2, 0.25) is 0 Å². The smallest absolute Gasteiger partial charge is 0.165 e. The highest BCUT2D eigenvalue weighted by Gasteiger charge is 2.27. The van der Waals surface area contributed by atoms with Crippen LogP contribution in [0.4, 0.5) is 0 Å². The fourth-order valence-electron chi connectivity index (χ4n) is 9.24. The van der Waals surface area contributed by atoms with Gasteiger partial charge < -0.3 is 8.82 Å². The van der Waals surface area contributed by atoms with Gasteiger partial charge in [-0.15, -0.1) is 0 Å². The topological polar surface area (TPSA) is 48.3 Å². The van der Waals surface area contributed by atoms with Gasteiger partial charge in [0.15, 0.2) is 5.82 Å². The van der Waals surface area contributed by atoms with E-state index in [0.717, 1.165) is 98.9 Å². The van der Waals surface area contributed by atoms with Crippen molar-refractivity contribution in [3.05, 3.63) is 158 Å². The average Bonchev–Trinajstić information content (AvgIpc) is 3.84. The van der Waals surface area contributed by atoms with E-state index in [-0.39, 0.29) is 0 Å². The van der Waals surface area contributed by atoms with Crippen molar-refractivity contribution in [2.24, 2.45) is 0 Å². The van der Waals surface area contributed by atoms with E-state index in [2.05, 4.69) is 167 Å². The second-order valence-corrected chi connectivity index (χ2v) is 14.1. The zero-order valence-corrected chi connectivity index (χ0v) is 28.2. The van der Waals surface area contributed by atoms with Gasteiger partial charge >= 0.3 is 0 Å².